The van der Waals surface area contributed by atoms with Crippen molar-refractivity contribution in [3.63, 3.8) is 0 Å². The Balaban J connectivity index is 2.84. The smallest absolute Gasteiger partial charge is 0.130 e. The van der Waals surface area contributed by atoms with E-state index < -0.39 is 17.7 Å². The van der Waals surface area contributed by atoms with Crippen molar-refractivity contribution in [2.45, 2.75) is 26.3 Å². The topological polar surface area (TPSA) is 52.0 Å². The van der Waals surface area contributed by atoms with Gasteiger partial charge in [-0.1, -0.05) is 19.9 Å². The highest BCUT2D eigenvalue weighted by Crippen LogP contribution is 2.28. The van der Waals surface area contributed by atoms with Gasteiger partial charge in [-0.15, -0.1) is 0 Å². The van der Waals surface area contributed by atoms with Gasteiger partial charge < -0.3 is 11.5 Å². The Kier molecular flexibility index (Phi) is 3.99. The fourth-order valence-corrected chi connectivity index (χ4v) is 1.59. The maximum absolute atomic E-state index is 13.4. The van der Waals surface area contributed by atoms with Crippen molar-refractivity contribution in [1.82, 2.24) is 0 Å². The average Bonchev–Trinajstić information content (AvgIpc) is 2.16. The molecule has 1 atom stereocenters. The molecule has 4 N–H and O–H groups in total. The minimum absolute atomic E-state index is 0.153. The second-order valence-corrected chi connectivity index (χ2v) is 4.84. The van der Waals surface area contributed by atoms with Gasteiger partial charge in [-0.2, -0.15) is 0 Å². The van der Waals surface area contributed by atoms with Gasteiger partial charge >= 0.3 is 0 Å². The number of benzene rings is 1. The molecule has 0 aliphatic carbocycles. The van der Waals surface area contributed by atoms with Gasteiger partial charge in [0.25, 0.3) is 0 Å². The predicted molar refractivity (Wildman–Crippen MR) is 60.7 cm³/mol. The molecule has 0 spiro atoms. The SMILES string of the molecule is CC(C)(CN)CC(N)c1ccc(F)cc1F. The van der Waals surface area contributed by atoms with E-state index >= 15 is 0 Å². The van der Waals surface area contributed by atoms with Crippen LogP contribution in [0.5, 0.6) is 0 Å². The first-order valence-electron chi connectivity index (χ1n) is 5.26. The Morgan fingerprint density at radius 1 is 1.31 bits per heavy atom. The van der Waals surface area contributed by atoms with Crippen LogP contribution in [0, 0.1) is 17.0 Å². The molecule has 0 aliphatic rings. The molecule has 0 saturated heterocycles. The first kappa shape index (κ1) is 13.1. The second kappa shape index (κ2) is 4.89. The molecule has 2 nitrogen and oxygen atoms in total. The van der Waals surface area contributed by atoms with Crippen LogP contribution in [0.4, 0.5) is 8.78 Å². The Labute approximate surface area is 94.6 Å². The molecular weight excluding hydrogens is 210 g/mol. The average molecular weight is 228 g/mol. The molecule has 0 radical (unpaired) electrons. The Bertz CT molecular complexity index is 364. The van der Waals surface area contributed by atoms with E-state index in [-0.39, 0.29) is 5.41 Å². The van der Waals surface area contributed by atoms with Crippen LogP contribution in [-0.2, 0) is 0 Å². The van der Waals surface area contributed by atoms with Crippen LogP contribution < -0.4 is 11.5 Å². The van der Waals surface area contributed by atoms with E-state index in [4.69, 9.17) is 11.5 Å². The lowest BCUT2D eigenvalue weighted by Gasteiger charge is -2.26. The summed E-state index contributed by atoms with van der Waals surface area (Å²) in [6, 6.07) is 3.00. The summed E-state index contributed by atoms with van der Waals surface area (Å²) in [5.41, 5.74) is 11.7. The van der Waals surface area contributed by atoms with E-state index in [1.807, 2.05) is 13.8 Å². The maximum atomic E-state index is 13.4. The Hall–Kier alpha value is -1.00. The summed E-state index contributed by atoms with van der Waals surface area (Å²) in [6.45, 7) is 4.41. The van der Waals surface area contributed by atoms with Crippen LogP contribution in [0.2, 0.25) is 0 Å². The van der Waals surface area contributed by atoms with Gasteiger partial charge in [0, 0.05) is 17.7 Å². The molecule has 1 aromatic carbocycles. The minimum atomic E-state index is -0.597. The molecule has 0 heterocycles. The summed E-state index contributed by atoms with van der Waals surface area (Å²) in [4.78, 5) is 0. The summed E-state index contributed by atoms with van der Waals surface area (Å²) in [5, 5.41) is 0. The van der Waals surface area contributed by atoms with Crippen LogP contribution in [0.15, 0.2) is 18.2 Å². The number of nitrogens with two attached hydrogens (primary N) is 2. The van der Waals surface area contributed by atoms with Crippen LogP contribution >= 0.6 is 0 Å². The molecule has 1 aromatic rings. The fraction of sp³-hybridized carbons (Fsp3) is 0.500. The van der Waals surface area contributed by atoms with Gasteiger partial charge in [-0.3, -0.25) is 0 Å². The molecule has 1 unspecified atom stereocenters. The lowest BCUT2D eigenvalue weighted by Crippen LogP contribution is -2.29. The monoisotopic (exact) mass is 228 g/mol. The molecule has 0 fully saturated rings. The largest absolute Gasteiger partial charge is 0.330 e. The summed E-state index contributed by atoms with van der Waals surface area (Å²) in [6.07, 6.45) is 0.562. The lowest BCUT2D eigenvalue weighted by atomic mass is 9.84. The summed E-state index contributed by atoms with van der Waals surface area (Å²) < 4.78 is 26.1. The first-order valence-corrected chi connectivity index (χ1v) is 5.26. The zero-order valence-electron chi connectivity index (χ0n) is 9.63. The third-order valence-electron chi connectivity index (χ3n) is 2.69. The van der Waals surface area contributed by atoms with Crippen molar-refractivity contribution in [1.29, 1.82) is 0 Å². The van der Waals surface area contributed by atoms with Crippen molar-refractivity contribution in [2.75, 3.05) is 6.54 Å². The van der Waals surface area contributed by atoms with Gasteiger partial charge in [0.15, 0.2) is 0 Å². The predicted octanol–water partition coefficient (Wildman–Crippen LogP) is 2.34. The Morgan fingerprint density at radius 3 is 2.44 bits per heavy atom. The van der Waals surface area contributed by atoms with E-state index in [1.165, 1.54) is 12.1 Å². The van der Waals surface area contributed by atoms with E-state index in [9.17, 15) is 8.78 Å². The highest BCUT2D eigenvalue weighted by Gasteiger charge is 2.22. The van der Waals surface area contributed by atoms with Crippen LogP contribution in [-0.4, -0.2) is 6.54 Å². The number of hydrogen-bond donors (Lipinski definition) is 2. The lowest BCUT2D eigenvalue weighted by molar-refractivity contribution is 0.314. The van der Waals surface area contributed by atoms with Crippen LogP contribution in [0.1, 0.15) is 31.9 Å². The normalized spacial score (nSPS) is 13.9. The molecule has 0 amide bonds. The third kappa shape index (κ3) is 3.25. The molecule has 0 bridgehead atoms. The van der Waals surface area contributed by atoms with Gasteiger partial charge in [-0.05, 0) is 24.4 Å². The van der Waals surface area contributed by atoms with E-state index in [1.54, 1.807) is 0 Å². The molecule has 0 saturated carbocycles. The van der Waals surface area contributed by atoms with E-state index in [2.05, 4.69) is 0 Å². The first-order chi connectivity index (χ1) is 7.35. The van der Waals surface area contributed by atoms with Crippen molar-refractivity contribution in [3.8, 4) is 0 Å². The van der Waals surface area contributed by atoms with Gasteiger partial charge in [-0.25, -0.2) is 8.78 Å². The summed E-state index contributed by atoms with van der Waals surface area (Å²) in [7, 11) is 0. The van der Waals surface area contributed by atoms with Crippen molar-refractivity contribution in [2.24, 2.45) is 16.9 Å². The highest BCUT2D eigenvalue weighted by molar-refractivity contribution is 5.22. The highest BCUT2D eigenvalue weighted by atomic mass is 19.1. The van der Waals surface area contributed by atoms with E-state index in [0.717, 1.165) is 6.07 Å². The molecule has 16 heavy (non-hydrogen) atoms. The van der Waals surface area contributed by atoms with Crippen molar-refractivity contribution < 1.29 is 8.78 Å². The number of halogens is 2. The van der Waals surface area contributed by atoms with Crippen LogP contribution in [0.3, 0.4) is 0 Å². The number of hydrogen-bond acceptors (Lipinski definition) is 2. The minimum Gasteiger partial charge on any atom is -0.330 e. The zero-order valence-corrected chi connectivity index (χ0v) is 9.63. The maximum Gasteiger partial charge on any atom is 0.130 e. The molecule has 90 valence electrons. The number of rotatable bonds is 4. The van der Waals surface area contributed by atoms with E-state index in [0.29, 0.717) is 18.5 Å². The molecule has 4 heteroatoms. The van der Waals surface area contributed by atoms with Crippen LogP contribution in [0.25, 0.3) is 0 Å². The second-order valence-electron chi connectivity index (χ2n) is 4.84. The summed E-state index contributed by atoms with van der Waals surface area (Å²) in [5.74, 6) is -1.19. The molecule has 1 rings (SSSR count). The van der Waals surface area contributed by atoms with Crippen molar-refractivity contribution >= 4 is 0 Å². The fourth-order valence-electron chi connectivity index (χ4n) is 1.59. The van der Waals surface area contributed by atoms with Gasteiger partial charge in [0.1, 0.15) is 11.6 Å². The summed E-state index contributed by atoms with van der Waals surface area (Å²) >= 11 is 0. The Morgan fingerprint density at radius 2 is 1.94 bits per heavy atom. The van der Waals surface area contributed by atoms with Gasteiger partial charge in [0.05, 0.1) is 0 Å². The molecule has 0 aliphatic heterocycles. The quantitative estimate of drug-likeness (QED) is 0.831. The standard InChI is InChI=1S/C12H18F2N2/c1-12(2,7-15)6-11(16)9-4-3-8(13)5-10(9)14/h3-5,11H,6-7,15-16H2,1-2H3. The van der Waals surface area contributed by atoms with Crippen molar-refractivity contribution in [3.05, 3.63) is 35.4 Å². The molecular formula is C12H18F2N2. The van der Waals surface area contributed by atoms with Gasteiger partial charge in [0.2, 0.25) is 0 Å². The third-order valence-corrected chi connectivity index (χ3v) is 2.69. The zero-order chi connectivity index (χ0) is 12.3. The molecule has 0 aromatic heterocycles.